The number of anilines is 1. The lowest BCUT2D eigenvalue weighted by molar-refractivity contribution is -0.140. The highest BCUT2D eigenvalue weighted by Crippen LogP contribution is 2.27. The van der Waals surface area contributed by atoms with Gasteiger partial charge < -0.3 is 10.2 Å². The number of hydrogen-bond acceptors (Lipinski definition) is 4. The minimum atomic E-state index is -3.78. The molecule has 2 aromatic rings. The molecular weight excluding hydrogens is 510 g/mol. The monoisotopic (exact) mass is 547 g/mol. The van der Waals surface area contributed by atoms with Gasteiger partial charge in [0.25, 0.3) is 0 Å². The molecule has 1 saturated carbocycles. The van der Waals surface area contributed by atoms with Crippen molar-refractivity contribution in [3.05, 3.63) is 64.2 Å². The lowest BCUT2D eigenvalue weighted by atomic mass is 9.95. The lowest BCUT2D eigenvalue weighted by Crippen LogP contribution is -2.54. The molecule has 0 unspecified atom stereocenters. The van der Waals surface area contributed by atoms with Gasteiger partial charge in [-0.2, -0.15) is 0 Å². The van der Waals surface area contributed by atoms with E-state index < -0.39 is 28.5 Å². The second-order valence-corrected chi connectivity index (χ2v) is 12.3. The second-order valence-electron chi connectivity index (χ2n) is 9.93. The van der Waals surface area contributed by atoms with Crippen LogP contribution in [-0.4, -0.2) is 50.0 Å². The summed E-state index contributed by atoms with van der Waals surface area (Å²) in [5.41, 5.74) is 2.80. The van der Waals surface area contributed by atoms with Crippen molar-refractivity contribution in [2.45, 2.75) is 77.9 Å². The molecule has 1 fully saturated rings. The van der Waals surface area contributed by atoms with E-state index in [1.165, 1.54) is 11.3 Å². The summed E-state index contributed by atoms with van der Waals surface area (Å²) < 4.78 is 26.9. The maximum atomic E-state index is 13.9. The number of halogens is 1. The van der Waals surface area contributed by atoms with Gasteiger partial charge in [0.2, 0.25) is 21.8 Å². The third-order valence-corrected chi connectivity index (χ3v) is 8.34. The molecule has 3 rings (SSSR count). The highest BCUT2D eigenvalue weighted by Gasteiger charge is 2.33. The minimum Gasteiger partial charge on any atom is -0.352 e. The van der Waals surface area contributed by atoms with Gasteiger partial charge in [0, 0.05) is 17.6 Å². The summed E-state index contributed by atoms with van der Waals surface area (Å²) in [5.74, 6) is -0.636. The van der Waals surface area contributed by atoms with Gasteiger partial charge in [-0.05, 0) is 61.9 Å². The molecule has 1 aliphatic carbocycles. The van der Waals surface area contributed by atoms with Gasteiger partial charge in [-0.15, -0.1) is 0 Å². The zero-order chi connectivity index (χ0) is 27.2. The van der Waals surface area contributed by atoms with E-state index in [2.05, 4.69) is 5.32 Å². The van der Waals surface area contributed by atoms with Crippen LogP contribution in [0.1, 0.15) is 62.1 Å². The number of carbonyl (C=O) groups is 2. The summed E-state index contributed by atoms with van der Waals surface area (Å²) in [5, 5.41) is 3.72. The number of aryl methyl sites for hydroxylation is 2. The average molecular weight is 548 g/mol. The smallest absolute Gasteiger partial charge is 0.244 e. The minimum absolute atomic E-state index is 0.102. The van der Waals surface area contributed by atoms with Crippen molar-refractivity contribution in [1.82, 2.24) is 10.2 Å². The average Bonchev–Trinajstić information content (AvgIpc) is 2.84. The van der Waals surface area contributed by atoms with E-state index in [9.17, 15) is 18.0 Å². The number of nitrogens with one attached hydrogen (secondary N) is 1. The summed E-state index contributed by atoms with van der Waals surface area (Å²) in [4.78, 5) is 28.8. The predicted molar refractivity (Wildman–Crippen MR) is 149 cm³/mol. The van der Waals surface area contributed by atoms with Crippen molar-refractivity contribution in [3.8, 4) is 0 Å². The molecule has 0 heterocycles. The van der Waals surface area contributed by atoms with Gasteiger partial charge in [0.1, 0.15) is 12.6 Å². The van der Waals surface area contributed by atoms with Crippen LogP contribution < -0.4 is 9.62 Å². The van der Waals surface area contributed by atoms with Gasteiger partial charge >= 0.3 is 0 Å². The number of sulfonamides is 1. The molecule has 9 heteroatoms. The van der Waals surface area contributed by atoms with Crippen LogP contribution in [0.4, 0.5) is 5.69 Å². The number of rotatable bonds is 10. The van der Waals surface area contributed by atoms with Gasteiger partial charge in [-0.3, -0.25) is 13.9 Å². The molecule has 0 radical (unpaired) electrons. The second kappa shape index (κ2) is 12.8. The molecule has 1 atom stereocenters. The SMILES string of the molecule is CC[C@H](C(=O)NC1CCCCC1)N(Cc1ccc(Cl)cc1)C(=O)CN(c1c(C)cccc1C)S(C)(=O)=O. The fourth-order valence-corrected chi connectivity index (χ4v) is 6.12. The Hall–Kier alpha value is -2.58. The molecule has 7 nitrogen and oxygen atoms in total. The van der Waals surface area contributed by atoms with Gasteiger partial charge in [-0.25, -0.2) is 8.42 Å². The van der Waals surface area contributed by atoms with Crippen LogP contribution in [-0.2, 0) is 26.2 Å². The quantitative estimate of drug-likeness (QED) is 0.454. The van der Waals surface area contributed by atoms with Crippen molar-refractivity contribution < 1.29 is 18.0 Å². The van der Waals surface area contributed by atoms with Crippen molar-refractivity contribution in [2.75, 3.05) is 17.1 Å². The number of carbonyl (C=O) groups excluding carboxylic acids is 2. The van der Waals surface area contributed by atoms with E-state index >= 15 is 0 Å². The van der Waals surface area contributed by atoms with Crippen molar-refractivity contribution in [3.63, 3.8) is 0 Å². The van der Waals surface area contributed by atoms with Crippen LogP contribution >= 0.6 is 11.6 Å². The third-order valence-electron chi connectivity index (χ3n) is 6.97. The Morgan fingerprint density at radius 3 is 2.16 bits per heavy atom. The summed E-state index contributed by atoms with van der Waals surface area (Å²) in [6.45, 7) is 5.28. The molecule has 0 spiro atoms. The Morgan fingerprint density at radius 2 is 1.62 bits per heavy atom. The fourth-order valence-electron chi connectivity index (χ4n) is 5.03. The Balaban J connectivity index is 1.94. The Bertz CT molecular complexity index is 1170. The number of para-hydroxylation sites is 1. The van der Waals surface area contributed by atoms with Crippen LogP contribution in [0.3, 0.4) is 0 Å². The highest BCUT2D eigenvalue weighted by atomic mass is 35.5. The van der Waals surface area contributed by atoms with Crippen LogP contribution in [0.2, 0.25) is 5.02 Å². The van der Waals surface area contributed by atoms with E-state index in [1.54, 1.807) is 12.1 Å². The Kier molecular flexibility index (Phi) is 10.0. The summed E-state index contributed by atoms with van der Waals surface area (Å²) in [6, 6.07) is 12.0. The van der Waals surface area contributed by atoms with E-state index in [4.69, 9.17) is 11.6 Å². The first kappa shape index (κ1) is 29.0. The van der Waals surface area contributed by atoms with Crippen LogP contribution in [0.5, 0.6) is 0 Å². The lowest BCUT2D eigenvalue weighted by Gasteiger charge is -2.34. The van der Waals surface area contributed by atoms with Crippen molar-refractivity contribution in [1.29, 1.82) is 0 Å². The largest absolute Gasteiger partial charge is 0.352 e. The van der Waals surface area contributed by atoms with E-state index in [0.717, 1.165) is 52.9 Å². The normalized spacial score (nSPS) is 15.2. The van der Waals surface area contributed by atoms with Crippen LogP contribution in [0.15, 0.2) is 42.5 Å². The maximum Gasteiger partial charge on any atom is 0.244 e. The Labute approximate surface area is 226 Å². The number of amides is 2. The summed E-state index contributed by atoms with van der Waals surface area (Å²) >= 11 is 6.06. The first-order valence-electron chi connectivity index (χ1n) is 12.9. The molecular formula is C28H38ClN3O4S. The zero-order valence-electron chi connectivity index (χ0n) is 22.2. The first-order chi connectivity index (χ1) is 17.5. The van der Waals surface area contributed by atoms with E-state index in [0.29, 0.717) is 17.1 Å². The zero-order valence-corrected chi connectivity index (χ0v) is 23.7. The standard InChI is InChI=1S/C28H38ClN3O4S/c1-5-25(28(34)30-24-12-7-6-8-13-24)31(18-22-14-16-23(29)17-15-22)26(33)19-32(37(4,35)36)27-20(2)10-9-11-21(27)3/h9-11,14-17,24-25H,5-8,12-13,18-19H2,1-4H3,(H,30,34)/t25-/m1/s1. The van der Waals surface area contributed by atoms with Gasteiger partial charge in [0.05, 0.1) is 11.9 Å². The first-order valence-corrected chi connectivity index (χ1v) is 15.1. The van der Waals surface area contributed by atoms with Gasteiger partial charge in [-0.1, -0.05) is 68.1 Å². The molecule has 0 saturated heterocycles. The van der Waals surface area contributed by atoms with Gasteiger partial charge in [0.15, 0.2) is 0 Å². The fraction of sp³-hybridized carbons (Fsp3) is 0.500. The van der Waals surface area contributed by atoms with Crippen LogP contribution in [0, 0.1) is 13.8 Å². The Morgan fingerprint density at radius 1 is 1.03 bits per heavy atom. The highest BCUT2D eigenvalue weighted by molar-refractivity contribution is 7.92. The predicted octanol–water partition coefficient (Wildman–Crippen LogP) is 4.98. The summed E-state index contributed by atoms with van der Waals surface area (Å²) in [6.07, 6.45) is 6.69. The molecule has 202 valence electrons. The molecule has 2 amide bonds. The molecule has 0 aliphatic heterocycles. The maximum absolute atomic E-state index is 13.9. The molecule has 0 aromatic heterocycles. The molecule has 1 aliphatic rings. The topological polar surface area (TPSA) is 86.8 Å². The number of benzene rings is 2. The van der Waals surface area contributed by atoms with Crippen molar-refractivity contribution >= 4 is 39.1 Å². The molecule has 1 N–H and O–H groups in total. The van der Waals surface area contributed by atoms with Crippen LogP contribution in [0.25, 0.3) is 0 Å². The number of hydrogen-bond donors (Lipinski definition) is 1. The molecule has 0 bridgehead atoms. The molecule has 37 heavy (non-hydrogen) atoms. The van der Waals surface area contributed by atoms with E-state index in [-0.39, 0.29) is 18.5 Å². The summed E-state index contributed by atoms with van der Waals surface area (Å²) in [7, 11) is -3.78. The molecule has 2 aromatic carbocycles. The van der Waals surface area contributed by atoms with Crippen molar-refractivity contribution in [2.24, 2.45) is 0 Å². The van der Waals surface area contributed by atoms with E-state index in [1.807, 2.05) is 51.1 Å². The third kappa shape index (κ3) is 7.71. The number of nitrogens with zero attached hydrogens (tertiary/aromatic N) is 2.